The van der Waals surface area contributed by atoms with Gasteiger partial charge in [0.05, 0.1) is 32.1 Å². The number of ether oxygens (including phenoxy) is 2. The third-order valence-corrected chi connectivity index (χ3v) is 5.74. The zero-order chi connectivity index (χ0) is 23.4. The van der Waals surface area contributed by atoms with Crippen molar-refractivity contribution in [2.75, 3.05) is 20.8 Å². The van der Waals surface area contributed by atoms with Gasteiger partial charge in [-0.3, -0.25) is 9.59 Å². The summed E-state index contributed by atoms with van der Waals surface area (Å²) in [6, 6.07) is 16.7. The molecule has 33 heavy (non-hydrogen) atoms. The molecule has 170 valence electrons. The van der Waals surface area contributed by atoms with Crippen molar-refractivity contribution >= 4 is 11.7 Å². The van der Waals surface area contributed by atoms with E-state index in [0.717, 1.165) is 5.76 Å². The van der Waals surface area contributed by atoms with Crippen LogP contribution in [0.2, 0.25) is 0 Å². The number of nitrogens with zero attached hydrogens (tertiary/aromatic N) is 1. The van der Waals surface area contributed by atoms with Crippen molar-refractivity contribution in [3.05, 3.63) is 95.1 Å². The fraction of sp³-hybridized carbons (Fsp3) is 0.231. The molecular weight excluding hydrogens is 422 g/mol. The Balaban J connectivity index is 1.70. The predicted octanol–water partition coefficient (Wildman–Crippen LogP) is 4.51. The van der Waals surface area contributed by atoms with Crippen LogP contribution in [-0.2, 0) is 11.2 Å². The molecule has 0 saturated heterocycles. The number of rotatable bonds is 9. The number of methoxy groups -OCH3 is 2. The molecule has 7 heteroatoms. The van der Waals surface area contributed by atoms with Crippen LogP contribution in [0.1, 0.15) is 34.1 Å². The number of aryl methyl sites for hydroxylation is 1. The van der Waals surface area contributed by atoms with Gasteiger partial charge in [-0.1, -0.05) is 18.2 Å². The van der Waals surface area contributed by atoms with Crippen molar-refractivity contribution in [1.29, 1.82) is 0 Å². The number of amides is 1. The molecule has 0 radical (unpaired) electrons. The maximum absolute atomic E-state index is 13.5. The van der Waals surface area contributed by atoms with Gasteiger partial charge in [-0.05, 0) is 48.9 Å². The largest absolute Gasteiger partial charge is 0.503 e. The number of benzene rings is 2. The van der Waals surface area contributed by atoms with Crippen LogP contribution in [0.4, 0.5) is 0 Å². The minimum Gasteiger partial charge on any atom is -0.503 e. The molecule has 1 aliphatic rings. The molecule has 1 aliphatic heterocycles. The molecule has 1 amide bonds. The maximum Gasteiger partial charge on any atom is 0.290 e. The van der Waals surface area contributed by atoms with Crippen LogP contribution >= 0.6 is 0 Å². The molecule has 0 bridgehead atoms. The summed E-state index contributed by atoms with van der Waals surface area (Å²) in [5, 5.41) is 10.8. The Morgan fingerprint density at radius 2 is 1.79 bits per heavy atom. The molecule has 1 unspecified atom stereocenters. The van der Waals surface area contributed by atoms with Crippen LogP contribution in [0.5, 0.6) is 11.5 Å². The fourth-order valence-corrected chi connectivity index (χ4v) is 4.11. The van der Waals surface area contributed by atoms with Crippen molar-refractivity contribution in [3.8, 4) is 11.5 Å². The summed E-state index contributed by atoms with van der Waals surface area (Å²) in [6.45, 7) is 0.325. The maximum atomic E-state index is 13.5. The highest BCUT2D eigenvalue weighted by Crippen LogP contribution is 2.42. The number of carbonyl (C=O) groups is 2. The zero-order valence-corrected chi connectivity index (χ0v) is 18.5. The van der Waals surface area contributed by atoms with Crippen LogP contribution < -0.4 is 9.47 Å². The molecule has 0 spiro atoms. The smallest absolute Gasteiger partial charge is 0.290 e. The first-order valence-electron chi connectivity index (χ1n) is 10.6. The number of furan rings is 1. The summed E-state index contributed by atoms with van der Waals surface area (Å²) >= 11 is 0. The average molecular weight is 447 g/mol. The van der Waals surface area contributed by atoms with E-state index in [2.05, 4.69) is 0 Å². The van der Waals surface area contributed by atoms with Crippen LogP contribution in [-0.4, -0.2) is 42.5 Å². The molecule has 4 rings (SSSR count). The molecule has 0 fully saturated rings. The molecule has 2 heterocycles. The Morgan fingerprint density at radius 1 is 1.03 bits per heavy atom. The second-order valence-electron chi connectivity index (χ2n) is 7.65. The first kappa shape index (κ1) is 22.2. The lowest BCUT2D eigenvalue weighted by Crippen LogP contribution is -2.32. The van der Waals surface area contributed by atoms with Gasteiger partial charge < -0.3 is 23.9 Å². The monoisotopic (exact) mass is 447 g/mol. The first-order chi connectivity index (χ1) is 16.0. The van der Waals surface area contributed by atoms with E-state index >= 15 is 0 Å². The molecule has 1 atom stereocenters. The van der Waals surface area contributed by atoms with Crippen molar-refractivity contribution in [1.82, 2.24) is 4.90 Å². The number of aliphatic hydroxyl groups excluding tert-OH is 1. The number of Topliss-reactive ketones (excluding diaryl/α,β-unsaturated/α-hetero) is 1. The number of ketones is 1. The Morgan fingerprint density at radius 3 is 2.45 bits per heavy atom. The number of hydrogen-bond acceptors (Lipinski definition) is 6. The predicted molar refractivity (Wildman–Crippen MR) is 121 cm³/mol. The zero-order valence-electron chi connectivity index (χ0n) is 18.5. The van der Waals surface area contributed by atoms with E-state index in [0.29, 0.717) is 42.0 Å². The summed E-state index contributed by atoms with van der Waals surface area (Å²) in [5.41, 5.74) is 1.02. The highest BCUT2D eigenvalue weighted by atomic mass is 16.5. The summed E-state index contributed by atoms with van der Waals surface area (Å²) in [6.07, 6.45) is 2.83. The summed E-state index contributed by atoms with van der Waals surface area (Å²) in [4.78, 5) is 28.1. The van der Waals surface area contributed by atoms with E-state index in [4.69, 9.17) is 13.9 Å². The van der Waals surface area contributed by atoms with E-state index in [-0.39, 0.29) is 5.57 Å². The summed E-state index contributed by atoms with van der Waals surface area (Å²) in [5.74, 6) is 0.399. The van der Waals surface area contributed by atoms with Gasteiger partial charge in [-0.2, -0.15) is 0 Å². The fourth-order valence-electron chi connectivity index (χ4n) is 4.11. The standard InChI is InChI=1S/C26H25NO6/c1-31-18-13-11-17(12-14-18)24(28)22-23(20-9-3-4-10-21(20)32-2)27(26(30)25(22)29)15-5-7-19-8-6-16-33-19/h3-4,6,8-14,16,23,29H,5,7,15H2,1-2H3. The highest BCUT2D eigenvalue weighted by Gasteiger charge is 2.44. The van der Waals surface area contributed by atoms with E-state index in [1.54, 1.807) is 49.8 Å². The Kier molecular flexibility index (Phi) is 6.49. The highest BCUT2D eigenvalue weighted by molar-refractivity contribution is 6.16. The van der Waals surface area contributed by atoms with Gasteiger partial charge >= 0.3 is 0 Å². The van der Waals surface area contributed by atoms with Crippen molar-refractivity contribution < 1.29 is 28.6 Å². The van der Waals surface area contributed by atoms with Crippen molar-refractivity contribution in [2.24, 2.45) is 0 Å². The average Bonchev–Trinajstić information content (AvgIpc) is 3.46. The summed E-state index contributed by atoms with van der Waals surface area (Å²) in [7, 11) is 3.07. The van der Waals surface area contributed by atoms with E-state index < -0.39 is 23.5 Å². The second-order valence-corrected chi connectivity index (χ2v) is 7.65. The molecule has 1 N–H and O–H groups in total. The minimum atomic E-state index is -0.778. The van der Waals surface area contributed by atoms with Gasteiger partial charge in [0.15, 0.2) is 11.5 Å². The Bertz CT molecular complexity index is 1160. The Hall–Kier alpha value is -4.00. The second kappa shape index (κ2) is 9.65. The number of hydrogen-bond donors (Lipinski definition) is 1. The van der Waals surface area contributed by atoms with Gasteiger partial charge in [0.25, 0.3) is 5.91 Å². The van der Waals surface area contributed by atoms with Gasteiger partial charge in [0.1, 0.15) is 17.3 Å². The van der Waals surface area contributed by atoms with Gasteiger partial charge in [0, 0.05) is 24.1 Å². The van der Waals surface area contributed by atoms with E-state index in [9.17, 15) is 14.7 Å². The van der Waals surface area contributed by atoms with Gasteiger partial charge in [-0.15, -0.1) is 0 Å². The minimum absolute atomic E-state index is 0.0349. The van der Waals surface area contributed by atoms with Gasteiger partial charge in [0.2, 0.25) is 0 Å². The molecule has 0 aliphatic carbocycles. The van der Waals surface area contributed by atoms with E-state index in [1.807, 2.05) is 24.3 Å². The Labute approximate surface area is 191 Å². The van der Waals surface area contributed by atoms with Crippen LogP contribution in [0.15, 0.2) is 82.7 Å². The lowest BCUT2D eigenvalue weighted by atomic mass is 9.92. The molecular formula is C26H25NO6. The van der Waals surface area contributed by atoms with Crippen molar-refractivity contribution in [3.63, 3.8) is 0 Å². The molecule has 7 nitrogen and oxygen atoms in total. The first-order valence-corrected chi connectivity index (χ1v) is 10.6. The molecule has 1 aromatic heterocycles. The van der Waals surface area contributed by atoms with Crippen LogP contribution in [0.25, 0.3) is 0 Å². The topological polar surface area (TPSA) is 89.2 Å². The third kappa shape index (κ3) is 4.35. The van der Waals surface area contributed by atoms with Crippen molar-refractivity contribution in [2.45, 2.75) is 18.9 Å². The number of carbonyl (C=O) groups excluding carboxylic acids is 2. The molecule has 0 saturated carbocycles. The molecule has 3 aromatic rings. The number of aliphatic hydroxyl groups is 1. The lowest BCUT2D eigenvalue weighted by Gasteiger charge is -2.28. The van der Waals surface area contributed by atoms with Gasteiger partial charge in [-0.25, -0.2) is 0 Å². The summed E-state index contributed by atoms with van der Waals surface area (Å²) < 4.78 is 16.1. The number of para-hydroxylation sites is 1. The van der Waals surface area contributed by atoms with E-state index in [1.165, 1.54) is 12.0 Å². The SMILES string of the molecule is COc1ccc(C(=O)C2=C(O)C(=O)N(CCCc3ccco3)C2c2ccccc2OC)cc1. The quantitative estimate of drug-likeness (QED) is 0.486. The van der Waals surface area contributed by atoms with Crippen LogP contribution in [0, 0.1) is 0 Å². The normalized spacial score (nSPS) is 15.8. The van der Waals surface area contributed by atoms with Crippen LogP contribution in [0.3, 0.4) is 0 Å². The molecule has 2 aromatic carbocycles. The third-order valence-electron chi connectivity index (χ3n) is 5.74. The lowest BCUT2D eigenvalue weighted by molar-refractivity contribution is -0.129.